The van der Waals surface area contributed by atoms with Gasteiger partial charge < -0.3 is 9.80 Å². The summed E-state index contributed by atoms with van der Waals surface area (Å²) >= 11 is 0. The van der Waals surface area contributed by atoms with E-state index in [0.29, 0.717) is 35.2 Å². The van der Waals surface area contributed by atoms with Crippen LogP contribution in [0.3, 0.4) is 0 Å². The zero-order chi connectivity index (χ0) is 21.5. The Kier molecular flexibility index (Phi) is 5.40. The number of likely N-dealkylation sites (N-methyl/N-ethyl adjacent to an activating group) is 1. The van der Waals surface area contributed by atoms with Crippen molar-refractivity contribution in [3.05, 3.63) is 30.5 Å². The van der Waals surface area contributed by atoms with E-state index < -0.39 is 10.0 Å². The number of aromatic nitrogens is 2. The summed E-state index contributed by atoms with van der Waals surface area (Å²) in [6.45, 7) is 2.03. The molecule has 0 spiro atoms. The summed E-state index contributed by atoms with van der Waals surface area (Å²) in [5, 5.41) is 0. The number of benzene rings is 1. The van der Waals surface area contributed by atoms with Gasteiger partial charge in [-0.1, -0.05) is 31.9 Å². The zero-order valence-corrected chi connectivity index (χ0v) is 18.3. The summed E-state index contributed by atoms with van der Waals surface area (Å²) in [6.07, 6.45) is 7.96. The smallest absolute Gasteiger partial charge is 0.249 e. The standard InChI is InChI=1S/C21H27N5O3S/c1-4-17-21(27)25(2)18-13-22-19(23-20(18)26(17)16-10-5-6-11-16)14-8-7-9-15(12-14)24-30(3,28)29/h7-9,12-13,16-17,24H,4-6,10-11H2,1-3H3. The summed E-state index contributed by atoms with van der Waals surface area (Å²) < 4.78 is 25.6. The first kappa shape index (κ1) is 20.6. The summed E-state index contributed by atoms with van der Waals surface area (Å²) in [5.74, 6) is 1.36. The van der Waals surface area contributed by atoms with E-state index >= 15 is 0 Å². The van der Waals surface area contributed by atoms with Crippen molar-refractivity contribution in [2.45, 2.75) is 51.1 Å². The van der Waals surface area contributed by atoms with Crippen molar-refractivity contribution in [1.82, 2.24) is 9.97 Å². The normalized spacial score (nSPS) is 19.8. The molecule has 1 amide bonds. The lowest BCUT2D eigenvalue weighted by Crippen LogP contribution is -2.55. The Bertz CT molecular complexity index is 1070. The molecule has 1 saturated carbocycles. The van der Waals surface area contributed by atoms with Gasteiger partial charge in [-0.25, -0.2) is 18.4 Å². The Labute approximate surface area is 177 Å². The molecular formula is C21H27N5O3S. The minimum Gasteiger partial charge on any atom is -0.340 e. The number of amides is 1. The van der Waals surface area contributed by atoms with Crippen LogP contribution in [0.15, 0.2) is 30.5 Å². The van der Waals surface area contributed by atoms with Crippen LogP contribution >= 0.6 is 0 Å². The van der Waals surface area contributed by atoms with Gasteiger partial charge in [0.2, 0.25) is 15.9 Å². The van der Waals surface area contributed by atoms with Gasteiger partial charge in [-0.2, -0.15) is 0 Å². The number of anilines is 3. The third-order valence-electron chi connectivity index (χ3n) is 5.84. The van der Waals surface area contributed by atoms with E-state index in [4.69, 9.17) is 4.98 Å². The van der Waals surface area contributed by atoms with Crippen molar-refractivity contribution in [3.63, 3.8) is 0 Å². The number of fused-ring (bicyclic) bond motifs is 1. The fraction of sp³-hybridized carbons (Fsp3) is 0.476. The van der Waals surface area contributed by atoms with Crippen LogP contribution in [0.5, 0.6) is 0 Å². The number of nitrogens with one attached hydrogen (secondary N) is 1. The summed E-state index contributed by atoms with van der Waals surface area (Å²) in [4.78, 5) is 26.2. The molecule has 4 rings (SSSR count). The highest BCUT2D eigenvalue weighted by molar-refractivity contribution is 7.92. The van der Waals surface area contributed by atoms with Gasteiger partial charge in [0.25, 0.3) is 0 Å². The Hall–Kier alpha value is -2.68. The SMILES string of the molecule is CCC1C(=O)N(C)c2cnc(-c3cccc(NS(C)(=O)=O)c3)nc2N1C1CCCC1. The molecule has 1 atom stereocenters. The van der Waals surface area contributed by atoms with Crippen LogP contribution in [-0.4, -0.2) is 49.7 Å². The van der Waals surface area contributed by atoms with Crippen molar-refractivity contribution >= 4 is 33.1 Å². The van der Waals surface area contributed by atoms with Crippen molar-refractivity contribution in [3.8, 4) is 11.4 Å². The van der Waals surface area contributed by atoms with Gasteiger partial charge in [-0.15, -0.1) is 0 Å². The van der Waals surface area contributed by atoms with E-state index in [9.17, 15) is 13.2 Å². The predicted octanol–water partition coefficient (Wildman–Crippen LogP) is 3.02. The summed E-state index contributed by atoms with van der Waals surface area (Å²) in [6, 6.07) is 7.10. The fourth-order valence-electron chi connectivity index (χ4n) is 4.46. The van der Waals surface area contributed by atoms with Gasteiger partial charge in [0.15, 0.2) is 11.6 Å². The number of sulfonamides is 1. The van der Waals surface area contributed by atoms with Crippen LogP contribution < -0.4 is 14.5 Å². The molecule has 2 aromatic rings. The van der Waals surface area contributed by atoms with Crippen molar-refractivity contribution < 1.29 is 13.2 Å². The van der Waals surface area contributed by atoms with Crippen molar-refractivity contribution in [2.75, 3.05) is 27.8 Å². The maximum absolute atomic E-state index is 13.0. The molecule has 1 unspecified atom stereocenters. The lowest BCUT2D eigenvalue weighted by Gasteiger charge is -2.43. The first-order valence-corrected chi connectivity index (χ1v) is 12.2. The van der Waals surface area contributed by atoms with Crippen molar-refractivity contribution in [1.29, 1.82) is 0 Å². The van der Waals surface area contributed by atoms with Gasteiger partial charge in [0.1, 0.15) is 11.7 Å². The highest BCUT2D eigenvalue weighted by Gasteiger charge is 2.41. The number of hydrogen-bond acceptors (Lipinski definition) is 6. The number of nitrogens with zero attached hydrogens (tertiary/aromatic N) is 4. The number of hydrogen-bond donors (Lipinski definition) is 1. The van der Waals surface area contributed by atoms with Gasteiger partial charge in [0, 0.05) is 24.3 Å². The second kappa shape index (κ2) is 7.86. The Morgan fingerprint density at radius 1 is 1.23 bits per heavy atom. The molecule has 30 heavy (non-hydrogen) atoms. The van der Waals surface area contributed by atoms with Gasteiger partial charge >= 0.3 is 0 Å². The monoisotopic (exact) mass is 429 g/mol. The lowest BCUT2D eigenvalue weighted by atomic mass is 10.0. The Morgan fingerprint density at radius 3 is 2.63 bits per heavy atom. The van der Waals surface area contributed by atoms with Crippen LogP contribution in [0.1, 0.15) is 39.0 Å². The average Bonchev–Trinajstić information content (AvgIpc) is 3.23. The van der Waals surface area contributed by atoms with Crippen LogP contribution in [0.2, 0.25) is 0 Å². The largest absolute Gasteiger partial charge is 0.340 e. The molecule has 0 bridgehead atoms. The quantitative estimate of drug-likeness (QED) is 0.785. The molecule has 1 aliphatic carbocycles. The highest BCUT2D eigenvalue weighted by atomic mass is 32.2. The highest BCUT2D eigenvalue weighted by Crippen LogP contribution is 2.40. The molecule has 2 aliphatic rings. The van der Waals surface area contributed by atoms with Crippen LogP contribution in [0.25, 0.3) is 11.4 Å². The number of rotatable bonds is 5. The molecule has 9 heteroatoms. The molecule has 8 nitrogen and oxygen atoms in total. The van der Waals surface area contributed by atoms with E-state index in [1.165, 1.54) is 0 Å². The van der Waals surface area contributed by atoms with Gasteiger partial charge in [0.05, 0.1) is 12.5 Å². The molecule has 1 aromatic heterocycles. The molecule has 1 fully saturated rings. The van der Waals surface area contributed by atoms with Crippen LogP contribution in [0.4, 0.5) is 17.2 Å². The topological polar surface area (TPSA) is 95.5 Å². The zero-order valence-electron chi connectivity index (χ0n) is 17.5. The number of carbonyl (C=O) groups excluding carboxylic acids is 1. The second-order valence-corrected chi connectivity index (χ2v) is 9.77. The maximum Gasteiger partial charge on any atom is 0.249 e. The molecule has 0 radical (unpaired) electrons. The van der Waals surface area contributed by atoms with E-state index in [0.717, 1.165) is 37.8 Å². The molecular weight excluding hydrogens is 402 g/mol. The first-order chi connectivity index (χ1) is 14.3. The van der Waals surface area contributed by atoms with Gasteiger partial charge in [-0.3, -0.25) is 9.52 Å². The fourth-order valence-corrected chi connectivity index (χ4v) is 5.01. The van der Waals surface area contributed by atoms with Crippen molar-refractivity contribution in [2.24, 2.45) is 0 Å². The Balaban J connectivity index is 1.79. The predicted molar refractivity (Wildman–Crippen MR) is 118 cm³/mol. The molecule has 160 valence electrons. The minimum absolute atomic E-state index is 0.0765. The lowest BCUT2D eigenvalue weighted by molar-refractivity contribution is -0.120. The molecule has 0 saturated heterocycles. The number of carbonyl (C=O) groups is 1. The van der Waals surface area contributed by atoms with Crippen LogP contribution in [0, 0.1) is 0 Å². The average molecular weight is 430 g/mol. The van der Waals surface area contributed by atoms with E-state index in [1.807, 2.05) is 13.0 Å². The Morgan fingerprint density at radius 2 is 1.97 bits per heavy atom. The van der Waals surface area contributed by atoms with Gasteiger partial charge in [-0.05, 0) is 31.4 Å². The first-order valence-electron chi connectivity index (χ1n) is 10.3. The van der Waals surface area contributed by atoms with Crippen LogP contribution in [-0.2, 0) is 14.8 Å². The second-order valence-electron chi connectivity index (χ2n) is 8.02. The minimum atomic E-state index is -3.38. The molecule has 1 N–H and O–H groups in total. The summed E-state index contributed by atoms with van der Waals surface area (Å²) in [7, 11) is -1.60. The molecule has 2 heterocycles. The van der Waals surface area contributed by atoms with E-state index in [-0.39, 0.29) is 11.9 Å². The van der Waals surface area contributed by atoms with E-state index in [2.05, 4.69) is 14.6 Å². The summed E-state index contributed by atoms with van der Waals surface area (Å²) in [5.41, 5.74) is 1.89. The molecule has 1 aromatic carbocycles. The van der Waals surface area contributed by atoms with E-state index in [1.54, 1.807) is 36.3 Å². The third kappa shape index (κ3) is 3.86. The maximum atomic E-state index is 13.0. The molecule has 1 aliphatic heterocycles. The third-order valence-corrected chi connectivity index (χ3v) is 6.44.